The molecule has 0 aliphatic heterocycles. The molecule has 2 heterocycles. The van der Waals surface area contributed by atoms with Gasteiger partial charge >= 0.3 is 0 Å². The highest BCUT2D eigenvalue weighted by atomic mass is 79.9. The molecule has 19 heavy (non-hydrogen) atoms. The maximum absolute atomic E-state index is 10.3. The fraction of sp³-hybridized carbons (Fsp3) is 0.214. The number of fused-ring (bicyclic) bond motifs is 1. The van der Waals surface area contributed by atoms with E-state index in [1.807, 2.05) is 47.3 Å². The SMILES string of the molecule is Cc1ccc(C(O)Cc2cn3ccsc3n2)cc1Br. The molecule has 1 aromatic carbocycles. The highest BCUT2D eigenvalue weighted by Crippen LogP contribution is 2.24. The van der Waals surface area contributed by atoms with Crippen molar-refractivity contribution in [2.75, 3.05) is 0 Å². The zero-order valence-corrected chi connectivity index (χ0v) is 12.8. The highest BCUT2D eigenvalue weighted by molar-refractivity contribution is 9.10. The molecule has 0 saturated heterocycles. The van der Waals surface area contributed by atoms with Crippen LogP contribution in [0, 0.1) is 6.92 Å². The summed E-state index contributed by atoms with van der Waals surface area (Å²) in [5.41, 5.74) is 2.99. The number of aromatic nitrogens is 2. The van der Waals surface area contributed by atoms with Crippen molar-refractivity contribution in [2.24, 2.45) is 0 Å². The summed E-state index contributed by atoms with van der Waals surface area (Å²) in [6, 6.07) is 5.94. The number of hydrogen-bond donors (Lipinski definition) is 1. The van der Waals surface area contributed by atoms with Crippen molar-refractivity contribution in [3.63, 3.8) is 0 Å². The van der Waals surface area contributed by atoms with Crippen LogP contribution in [0.4, 0.5) is 0 Å². The van der Waals surface area contributed by atoms with Crippen LogP contribution in [0.15, 0.2) is 40.4 Å². The van der Waals surface area contributed by atoms with Crippen LogP contribution in [0.1, 0.15) is 22.9 Å². The number of rotatable bonds is 3. The lowest BCUT2D eigenvalue weighted by Crippen LogP contribution is -2.02. The average molecular weight is 337 g/mol. The van der Waals surface area contributed by atoms with E-state index in [2.05, 4.69) is 20.9 Å². The summed E-state index contributed by atoms with van der Waals surface area (Å²) in [7, 11) is 0. The van der Waals surface area contributed by atoms with Crippen molar-refractivity contribution in [1.82, 2.24) is 9.38 Å². The van der Waals surface area contributed by atoms with Crippen LogP contribution in [-0.4, -0.2) is 14.5 Å². The fourth-order valence-corrected chi connectivity index (χ4v) is 3.12. The first-order valence-electron chi connectivity index (χ1n) is 5.98. The number of aliphatic hydroxyl groups is 1. The summed E-state index contributed by atoms with van der Waals surface area (Å²) in [6.07, 6.45) is 3.95. The zero-order chi connectivity index (χ0) is 13.4. The van der Waals surface area contributed by atoms with Crippen LogP contribution in [0.5, 0.6) is 0 Å². The van der Waals surface area contributed by atoms with Gasteiger partial charge in [-0.2, -0.15) is 0 Å². The summed E-state index contributed by atoms with van der Waals surface area (Å²) in [4.78, 5) is 5.45. The van der Waals surface area contributed by atoms with Crippen LogP contribution in [-0.2, 0) is 6.42 Å². The van der Waals surface area contributed by atoms with Gasteiger partial charge in [-0.1, -0.05) is 28.1 Å². The Morgan fingerprint density at radius 3 is 3.05 bits per heavy atom. The zero-order valence-electron chi connectivity index (χ0n) is 10.4. The fourth-order valence-electron chi connectivity index (χ4n) is 2.01. The van der Waals surface area contributed by atoms with Gasteiger partial charge in [0.25, 0.3) is 0 Å². The topological polar surface area (TPSA) is 37.5 Å². The maximum Gasteiger partial charge on any atom is 0.193 e. The molecular formula is C14H13BrN2OS. The van der Waals surface area contributed by atoms with Crippen molar-refractivity contribution < 1.29 is 5.11 Å². The van der Waals surface area contributed by atoms with Gasteiger partial charge in [0, 0.05) is 28.7 Å². The molecule has 0 aliphatic rings. The Labute approximate surface area is 123 Å². The van der Waals surface area contributed by atoms with Crippen LogP contribution in [0.25, 0.3) is 4.96 Å². The van der Waals surface area contributed by atoms with Gasteiger partial charge in [0.05, 0.1) is 11.8 Å². The van der Waals surface area contributed by atoms with Gasteiger partial charge in [0.15, 0.2) is 4.96 Å². The van der Waals surface area contributed by atoms with E-state index >= 15 is 0 Å². The Morgan fingerprint density at radius 1 is 1.47 bits per heavy atom. The van der Waals surface area contributed by atoms with Crippen molar-refractivity contribution in [3.8, 4) is 0 Å². The molecule has 98 valence electrons. The van der Waals surface area contributed by atoms with Crippen molar-refractivity contribution >= 4 is 32.2 Å². The Bertz CT molecular complexity index is 691. The quantitative estimate of drug-likeness (QED) is 0.791. The van der Waals surface area contributed by atoms with Crippen LogP contribution >= 0.6 is 27.3 Å². The van der Waals surface area contributed by atoms with Gasteiger partial charge in [-0.15, -0.1) is 11.3 Å². The van der Waals surface area contributed by atoms with Crippen LogP contribution < -0.4 is 0 Å². The Balaban J connectivity index is 1.82. The standard InChI is InChI=1S/C14H13BrN2OS/c1-9-2-3-10(6-12(9)15)13(18)7-11-8-17-4-5-19-14(17)16-11/h2-6,8,13,18H,7H2,1H3. The van der Waals surface area contributed by atoms with Gasteiger partial charge in [0.1, 0.15) is 0 Å². The summed E-state index contributed by atoms with van der Waals surface area (Å²) in [6.45, 7) is 2.03. The van der Waals surface area contributed by atoms with Gasteiger partial charge in [-0.3, -0.25) is 4.40 Å². The normalized spacial score (nSPS) is 13.0. The third-order valence-corrected chi connectivity index (χ3v) is 4.75. The molecule has 0 bridgehead atoms. The number of hydrogen-bond acceptors (Lipinski definition) is 3. The molecule has 1 N–H and O–H groups in total. The minimum Gasteiger partial charge on any atom is -0.388 e. The smallest absolute Gasteiger partial charge is 0.193 e. The average Bonchev–Trinajstić information content (AvgIpc) is 2.93. The molecule has 5 heteroatoms. The lowest BCUT2D eigenvalue weighted by molar-refractivity contribution is 0.177. The molecule has 3 nitrogen and oxygen atoms in total. The van der Waals surface area contributed by atoms with Crippen molar-refractivity contribution in [3.05, 3.63) is 57.3 Å². The Morgan fingerprint density at radius 2 is 2.32 bits per heavy atom. The molecule has 2 aromatic heterocycles. The highest BCUT2D eigenvalue weighted by Gasteiger charge is 2.12. The van der Waals surface area contributed by atoms with E-state index in [9.17, 15) is 5.11 Å². The summed E-state index contributed by atoms with van der Waals surface area (Å²) in [5, 5.41) is 12.3. The molecule has 0 aliphatic carbocycles. The van der Waals surface area contributed by atoms with E-state index in [0.29, 0.717) is 6.42 Å². The third-order valence-electron chi connectivity index (χ3n) is 3.13. The van der Waals surface area contributed by atoms with Crippen LogP contribution in [0.2, 0.25) is 0 Å². The number of imidazole rings is 1. The predicted molar refractivity (Wildman–Crippen MR) is 80.6 cm³/mol. The van der Waals surface area contributed by atoms with E-state index in [-0.39, 0.29) is 0 Å². The first-order valence-corrected chi connectivity index (χ1v) is 7.66. The molecule has 1 unspecified atom stereocenters. The largest absolute Gasteiger partial charge is 0.388 e. The molecule has 3 rings (SSSR count). The Hall–Kier alpha value is -1.17. The molecule has 0 radical (unpaired) electrons. The van der Waals surface area contributed by atoms with Crippen LogP contribution in [0.3, 0.4) is 0 Å². The number of thiazole rings is 1. The molecule has 0 spiro atoms. The van der Waals surface area contributed by atoms with Gasteiger partial charge in [-0.05, 0) is 24.1 Å². The Kier molecular flexibility index (Phi) is 3.43. The van der Waals surface area contributed by atoms with Gasteiger partial charge in [-0.25, -0.2) is 4.98 Å². The molecule has 3 aromatic rings. The predicted octanol–water partition coefficient (Wildman–Crippen LogP) is 3.74. The van der Waals surface area contributed by atoms with Crippen molar-refractivity contribution in [2.45, 2.75) is 19.4 Å². The van der Waals surface area contributed by atoms with E-state index in [1.165, 1.54) is 5.56 Å². The second kappa shape index (κ2) is 5.07. The maximum atomic E-state index is 10.3. The number of aliphatic hydroxyl groups excluding tert-OH is 1. The number of halogens is 1. The minimum atomic E-state index is -0.526. The number of benzene rings is 1. The number of aryl methyl sites for hydroxylation is 1. The third kappa shape index (κ3) is 2.59. The molecule has 0 saturated carbocycles. The lowest BCUT2D eigenvalue weighted by atomic mass is 10.0. The minimum absolute atomic E-state index is 0.526. The first kappa shape index (κ1) is 12.8. The van der Waals surface area contributed by atoms with Gasteiger partial charge < -0.3 is 5.11 Å². The van der Waals surface area contributed by atoms with Crippen molar-refractivity contribution in [1.29, 1.82) is 0 Å². The van der Waals surface area contributed by atoms with E-state index in [0.717, 1.165) is 20.7 Å². The molecule has 0 fully saturated rings. The summed E-state index contributed by atoms with van der Waals surface area (Å²) >= 11 is 5.09. The molecule has 1 atom stereocenters. The second-order valence-corrected chi connectivity index (χ2v) is 6.28. The summed E-state index contributed by atoms with van der Waals surface area (Å²) < 4.78 is 3.01. The van der Waals surface area contributed by atoms with E-state index in [1.54, 1.807) is 11.3 Å². The lowest BCUT2D eigenvalue weighted by Gasteiger charge is -2.10. The van der Waals surface area contributed by atoms with Gasteiger partial charge in [0.2, 0.25) is 0 Å². The first-order chi connectivity index (χ1) is 9.13. The molecule has 0 amide bonds. The monoisotopic (exact) mass is 336 g/mol. The molecular weight excluding hydrogens is 324 g/mol. The van der Waals surface area contributed by atoms with E-state index < -0.39 is 6.10 Å². The van der Waals surface area contributed by atoms with E-state index in [4.69, 9.17) is 0 Å². The second-order valence-electron chi connectivity index (χ2n) is 4.55. The summed E-state index contributed by atoms with van der Waals surface area (Å²) in [5.74, 6) is 0. The number of nitrogens with zero attached hydrogens (tertiary/aromatic N) is 2.